The van der Waals surface area contributed by atoms with Gasteiger partial charge in [-0.25, -0.2) is 4.79 Å². The molecular weight excluding hydrogens is 382 g/mol. The van der Waals surface area contributed by atoms with E-state index in [2.05, 4.69) is 6.92 Å². The van der Waals surface area contributed by atoms with Crippen molar-refractivity contribution in [2.45, 2.75) is 101 Å². The van der Waals surface area contributed by atoms with Gasteiger partial charge in [0.2, 0.25) is 0 Å². The van der Waals surface area contributed by atoms with E-state index < -0.39 is 31.0 Å². The number of unbranched alkanes of at least 4 members (excludes halogenated alkanes) is 9. The Kier molecular flexibility index (Phi) is 11.2. The molecule has 0 radical (unpaired) electrons. The molecule has 8 heteroatoms. The molecule has 0 fully saturated rings. The van der Waals surface area contributed by atoms with Crippen molar-refractivity contribution in [1.82, 2.24) is 0 Å². The lowest BCUT2D eigenvalue weighted by atomic mass is 9.83. The second-order valence-electron chi connectivity index (χ2n) is 8.75. The van der Waals surface area contributed by atoms with Gasteiger partial charge in [-0.1, -0.05) is 78.1 Å². The summed E-state index contributed by atoms with van der Waals surface area (Å²) in [7, 11) is -1.01. The fourth-order valence-electron chi connectivity index (χ4n) is 4.30. The SMILES string of the molecule is CCCCCCCCCCCCC(O)(CC)C(C(=O)O)([N+](C)(C)C)S(=O)(=O)O. The Hall–Kier alpha value is -0.700. The molecule has 28 heavy (non-hydrogen) atoms. The molecule has 0 rings (SSSR count). The number of aliphatic hydroxyl groups is 1. The Morgan fingerprint density at radius 3 is 1.54 bits per heavy atom. The van der Waals surface area contributed by atoms with Crippen LogP contribution in [0.1, 0.15) is 90.9 Å². The third-order valence-corrected chi connectivity index (χ3v) is 7.62. The Morgan fingerprint density at radius 1 is 0.857 bits per heavy atom. The van der Waals surface area contributed by atoms with Gasteiger partial charge in [0.05, 0.1) is 21.1 Å². The van der Waals surface area contributed by atoms with Crippen molar-refractivity contribution in [3.63, 3.8) is 0 Å². The normalized spacial score (nSPS) is 17.1. The molecule has 0 aliphatic heterocycles. The van der Waals surface area contributed by atoms with Crippen LogP contribution >= 0.6 is 0 Å². The summed E-state index contributed by atoms with van der Waals surface area (Å²) >= 11 is 0. The van der Waals surface area contributed by atoms with E-state index in [9.17, 15) is 28.0 Å². The fraction of sp³-hybridized carbons (Fsp3) is 0.950. The fourth-order valence-corrected chi connectivity index (χ4v) is 5.94. The van der Waals surface area contributed by atoms with E-state index >= 15 is 0 Å². The van der Waals surface area contributed by atoms with Gasteiger partial charge in [0.25, 0.3) is 0 Å². The van der Waals surface area contributed by atoms with Gasteiger partial charge in [-0.05, 0) is 12.8 Å². The molecule has 0 aliphatic carbocycles. The zero-order valence-corrected chi connectivity index (χ0v) is 19.2. The van der Waals surface area contributed by atoms with Crippen LogP contribution in [0, 0.1) is 0 Å². The Labute approximate surface area is 171 Å². The van der Waals surface area contributed by atoms with Crippen molar-refractivity contribution in [1.29, 1.82) is 0 Å². The molecule has 2 unspecified atom stereocenters. The van der Waals surface area contributed by atoms with E-state index in [1.54, 1.807) is 6.92 Å². The van der Waals surface area contributed by atoms with Crippen molar-refractivity contribution >= 4 is 16.1 Å². The van der Waals surface area contributed by atoms with Crippen LogP contribution in [-0.4, -0.2) is 65.3 Å². The molecule has 0 aromatic rings. The molecule has 0 bridgehead atoms. The summed E-state index contributed by atoms with van der Waals surface area (Å²) in [6, 6.07) is 0. The number of hydrogen-bond acceptors (Lipinski definition) is 4. The number of carbonyl (C=O) groups is 1. The summed E-state index contributed by atoms with van der Waals surface area (Å²) in [5.41, 5.74) is -2.08. The molecule has 168 valence electrons. The molecule has 7 nitrogen and oxygen atoms in total. The smallest absolute Gasteiger partial charge is 0.388 e. The van der Waals surface area contributed by atoms with Crippen molar-refractivity contribution in [2.24, 2.45) is 0 Å². The van der Waals surface area contributed by atoms with Crippen molar-refractivity contribution < 1.29 is 32.5 Å². The van der Waals surface area contributed by atoms with Gasteiger partial charge in [-0.2, -0.15) is 8.42 Å². The summed E-state index contributed by atoms with van der Waals surface area (Å²) in [6.07, 6.45) is 10.7. The van der Waals surface area contributed by atoms with Gasteiger partial charge in [-0.3, -0.25) is 9.04 Å². The van der Waals surface area contributed by atoms with Crippen molar-refractivity contribution in [2.75, 3.05) is 21.1 Å². The number of quaternary nitrogens is 1. The highest BCUT2D eigenvalue weighted by Gasteiger charge is 2.73. The summed E-state index contributed by atoms with van der Waals surface area (Å²) in [4.78, 5) is 9.35. The van der Waals surface area contributed by atoms with Crippen LogP contribution in [0.5, 0.6) is 0 Å². The average molecular weight is 425 g/mol. The zero-order chi connectivity index (χ0) is 22.1. The first-order valence-electron chi connectivity index (χ1n) is 10.6. The maximum absolute atomic E-state index is 12.2. The predicted octanol–water partition coefficient (Wildman–Crippen LogP) is 3.81. The van der Waals surface area contributed by atoms with Crippen LogP contribution in [0.4, 0.5) is 0 Å². The monoisotopic (exact) mass is 424 g/mol. The predicted molar refractivity (Wildman–Crippen MR) is 112 cm³/mol. The number of likely N-dealkylation sites (N-methyl/N-ethyl adjacent to an activating group) is 1. The third kappa shape index (κ3) is 6.40. The third-order valence-electron chi connectivity index (χ3n) is 5.77. The first-order valence-corrected chi connectivity index (χ1v) is 12.0. The molecule has 2 atom stereocenters. The van der Waals surface area contributed by atoms with Crippen LogP contribution in [-0.2, 0) is 14.9 Å². The molecule has 0 saturated heterocycles. The Bertz CT molecular complexity index is 572. The van der Waals surface area contributed by atoms with E-state index in [-0.39, 0.29) is 12.8 Å². The minimum atomic E-state index is -5.09. The molecule has 0 spiro atoms. The second-order valence-corrected chi connectivity index (χ2v) is 10.3. The van der Waals surface area contributed by atoms with Gasteiger partial charge in [0.1, 0.15) is 5.60 Å². The minimum absolute atomic E-state index is 0.00160. The molecule has 0 aromatic carbocycles. The lowest BCUT2D eigenvalue weighted by molar-refractivity contribution is -0.906. The van der Waals surface area contributed by atoms with Crippen molar-refractivity contribution in [3.05, 3.63) is 0 Å². The summed E-state index contributed by atoms with van der Waals surface area (Å²) in [5, 5.41) is 21.0. The maximum atomic E-state index is 12.2. The quantitative estimate of drug-likeness (QED) is 0.197. The second kappa shape index (κ2) is 11.5. The molecule has 0 heterocycles. The lowest BCUT2D eigenvalue weighted by Crippen LogP contribution is -2.77. The van der Waals surface area contributed by atoms with Crippen LogP contribution in [0.2, 0.25) is 0 Å². The van der Waals surface area contributed by atoms with Crippen molar-refractivity contribution in [3.8, 4) is 0 Å². The van der Waals surface area contributed by atoms with Crippen LogP contribution in [0.3, 0.4) is 0 Å². The number of hydrogen-bond donors (Lipinski definition) is 3. The van der Waals surface area contributed by atoms with E-state index in [1.165, 1.54) is 53.2 Å². The number of aliphatic carboxylic acids is 1. The highest BCUT2D eigenvalue weighted by Crippen LogP contribution is 2.42. The van der Waals surface area contributed by atoms with Gasteiger partial charge >= 0.3 is 21.0 Å². The van der Waals surface area contributed by atoms with Crippen LogP contribution < -0.4 is 0 Å². The van der Waals surface area contributed by atoms with E-state index in [0.29, 0.717) is 6.42 Å². The standard InChI is InChI=1S/C20H41NO6S/c1-6-8-9-10-11-12-13-14-15-16-17-19(24,7-2)20(18(22)23,21(3,4)5)28(25,26)27/h24H,6-17H2,1-5H3,(H-,22,23,25,26,27)/p+1. The molecule has 0 saturated carbocycles. The molecule has 0 amide bonds. The number of nitrogens with zero attached hydrogens (tertiary/aromatic N) is 1. The summed E-state index contributed by atoms with van der Waals surface area (Å²) < 4.78 is 33.7. The van der Waals surface area contributed by atoms with Crippen LogP contribution in [0.25, 0.3) is 0 Å². The van der Waals surface area contributed by atoms with E-state index in [0.717, 1.165) is 25.7 Å². The average Bonchev–Trinajstić information content (AvgIpc) is 2.53. The largest absolute Gasteiger partial charge is 0.476 e. The lowest BCUT2D eigenvalue weighted by Gasteiger charge is -2.48. The maximum Gasteiger partial charge on any atom is 0.388 e. The molecule has 0 aliphatic rings. The highest BCUT2D eigenvalue weighted by molar-refractivity contribution is 7.88. The Balaban J connectivity index is 4.97. The summed E-state index contributed by atoms with van der Waals surface area (Å²) in [5.74, 6) is -1.74. The highest BCUT2D eigenvalue weighted by atomic mass is 32.2. The molecule has 0 aromatic heterocycles. The van der Waals surface area contributed by atoms with Crippen LogP contribution in [0.15, 0.2) is 0 Å². The van der Waals surface area contributed by atoms with Gasteiger partial charge in [0.15, 0.2) is 0 Å². The Morgan fingerprint density at radius 2 is 1.25 bits per heavy atom. The van der Waals surface area contributed by atoms with Gasteiger partial charge < -0.3 is 10.2 Å². The molecular formula is C20H42NO6S+. The zero-order valence-electron chi connectivity index (χ0n) is 18.4. The van der Waals surface area contributed by atoms with E-state index in [4.69, 9.17) is 0 Å². The van der Waals surface area contributed by atoms with Gasteiger partial charge in [-0.15, -0.1) is 0 Å². The minimum Gasteiger partial charge on any atom is -0.476 e. The van der Waals surface area contributed by atoms with E-state index in [1.807, 2.05) is 0 Å². The molecule has 3 N–H and O–H groups in total. The topological polar surface area (TPSA) is 112 Å². The summed E-state index contributed by atoms with van der Waals surface area (Å²) in [6.45, 7) is 3.74. The number of rotatable bonds is 16. The first-order chi connectivity index (χ1) is 12.8. The number of carboxylic acid groups (broad SMARTS) is 1. The van der Waals surface area contributed by atoms with Gasteiger partial charge in [0, 0.05) is 0 Å². The number of carboxylic acids is 1. The first kappa shape index (κ1) is 27.3.